The molecule has 1 aromatic rings. The number of esters is 1. The zero-order valence-electron chi connectivity index (χ0n) is 16.1. The summed E-state index contributed by atoms with van der Waals surface area (Å²) in [4.78, 5) is 30.7. The maximum Gasteiger partial charge on any atom is 0.410 e. The Morgan fingerprint density at radius 2 is 1.85 bits per heavy atom. The number of hydrogen-bond acceptors (Lipinski definition) is 6. The lowest BCUT2D eigenvalue weighted by Crippen LogP contribution is -2.51. The predicted octanol–water partition coefficient (Wildman–Crippen LogP) is 3.97. The van der Waals surface area contributed by atoms with Gasteiger partial charge in [-0.3, -0.25) is 0 Å². The summed E-state index contributed by atoms with van der Waals surface area (Å²) in [6, 6.07) is 4.16. The summed E-state index contributed by atoms with van der Waals surface area (Å²) in [6.45, 7) is 5.66. The smallest absolute Gasteiger partial charge is 0.410 e. The van der Waals surface area contributed by atoms with Crippen LogP contribution in [0.5, 0.6) is 0 Å². The van der Waals surface area contributed by atoms with Gasteiger partial charge in [-0.15, -0.1) is 0 Å². The Kier molecular flexibility index (Phi) is 5.65. The van der Waals surface area contributed by atoms with E-state index >= 15 is 0 Å². The first-order valence-electron chi connectivity index (χ1n) is 9.20. The van der Waals surface area contributed by atoms with Crippen LogP contribution >= 0.6 is 15.9 Å². The average molecular weight is 440 g/mol. The van der Waals surface area contributed by atoms with Gasteiger partial charge in [0.15, 0.2) is 5.69 Å². The molecule has 1 N–H and O–H groups in total. The number of anilines is 1. The minimum absolute atomic E-state index is 0.173. The number of nitrogens with one attached hydrogen (secondary N) is 1. The topological polar surface area (TPSA) is 80.8 Å². The van der Waals surface area contributed by atoms with Crippen molar-refractivity contribution in [3.05, 3.63) is 22.3 Å². The van der Waals surface area contributed by atoms with Gasteiger partial charge in [-0.05, 0) is 74.5 Å². The van der Waals surface area contributed by atoms with E-state index in [1.807, 2.05) is 31.7 Å². The van der Waals surface area contributed by atoms with Crippen LogP contribution in [0, 0.1) is 0 Å². The third-order valence-electron chi connectivity index (χ3n) is 4.91. The third-order valence-corrected chi connectivity index (χ3v) is 5.55. The highest BCUT2D eigenvalue weighted by molar-refractivity contribution is 9.10. The number of fused-ring (bicyclic) bond motifs is 2. The van der Waals surface area contributed by atoms with E-state index in [1.54, 1.807) is 6.07 Å². The molecule has 2 aliphatic heterocycles. The summed E-state index contributed by atoms with van der Waals surface area (Å²) >= 11 is 3.32. The normalized spacial score (nSPS) is 24.5. The van der Waals surface area contributed by atoms with E-state index in [9.17, 15) is 9.59 Å². The quantitative estimate of drug-likeness (QED) is 0.717. The van der Waals surface area contributed by atoms with Gasteiger partial charge < -0.3 is 19.7 Å². The van der Waals surface area contributed by atoms with Gasteiger partial charge in [0.05, 0.1) is 11.6 Å². The molecule has 7 nitrogen and oxygen atoms in total. The molecular weight excluding hydrogens is 414 g/mol. The fourth-order valence-electron chi connectivity index (χ4n) is 3.88. The van der Waals surface area contributed by atoms with Gasteiger partial charge in [-0.25, -0.2) is 14.6 Å². The van der Waals surface area contributed by atoms with Crippen molar-refractivity contribution in [1.82, 2.24) is 9.88 Å². The molecule has 0 aromatic carbocycles. The van der Waals surface area contributed by atoms with Crippen molar-refractivity contribution in [2.24, 2.45) is 0 Å². The molecule has 3 heterocycles. The standard InChI is InChI=1S/C19H26BrN3O4/c1-19(2,3)27-18(25)23-12-5-6-13(23)10-11(9-12)21-15-8-7-14(20)16(22-15)17(24)26-4/h7-8,11-13H,5-6,9-10H2,1-4H3,(H,21,22)/t11?,12-,13+. The third kappa shape index (κ3) is 4.54. The fourth-order valence-corrected chi connectivity index (χ4v) is 4.26. The highest BCUT2D eigenvalue weighted by Crippen LogP contribution is 2.37. The molecule has 27 heavy (non-hydrogen) atoms. The molecule has 2 bridgehead atoms. The minimum atomic E-state index is -0.489. The molecule has 1 aromatic heterocycles. The van der Waals surface area contributed by atoms with Crippen molar-refractivity contribution in [3.63, 3.8) is 0 Å². The van der Waals surface area contributed by atoms with Crippen LogP contribution < -0.4 is 5.32 Å². The van der Waals surface area contributed by atoms with E-state index in [0.717, 1.165) is 25.7 Å². The molecule has 8 heteroatoms. The number of aromatic nitrogens is 1. The van der Waals surface area contributed by atoms with Crippen LogP contribution in [-0.2, 0) is 9.47 Å². The molecule has 148 valence electrons. The Hall–Kier alpha value is -1.83. The van der Waals surface area contributed by atoms with E-state index < -0.39 is 11.6 Å². The molecule has 0 radical (unpaired) electrons. The number of ether oxygens (including phenoxy) is 2. The monoisotopic (exact) mass is 439 g/mol. The summed E-state index contributed by atoms with van der Waals surface area (Å²) < 4.78 is 10.9. The Labute approximate surface area is 167 Å². The first-order valence-corrected chi connectivity index (χ1v) is 10.00. The maximum absolute atomic E-state index is 12.5. The summed E-state index contributed by atoms with van der Waals surface area (Å²) in [6.07, 6.45) is 3.43. The molecular formula is C19H26BrN3O4. The van der Waals surface area contributed by atoms with Crippen molar-refractivity contribution in [2.45, 2.75) is 70.2 Å². The van der Waals surface area contributed by atoms with Gasteiger partial charge in [-0.1, -0.05) is 0 Å². The molecule has 1 unspecified atom stereocenters. The van der Waals surface area contributed by atoms with Crippen LogP contribution in [0.4, 0.5) is 10.6 Å². The molecule has 2 saturated heterocycles. The largest absolute Gasteiger partial charge is 0.464 e. The summed E-state index contributed by atoms with van der Waals surface area (Å²) in [5, 5.41) is 3.42. The van der Waals surface area contributed by atoms with E-state index in [4.69, 9.17) is 9.47 Å². The van der Waals surface area contributed by atoms with Crippen LogP contribution in [0.3, 0.4) is 0 Å². The first-order chi connectivity index (χ1) is 12.7. The second-order valence-corrected chi connectivity index (χ2v) is 8.96. The van der Waals surface area contributed by atoms with Crippen molar-refractivity contribution in [2.75, 3.05) is 12.4 Å². The highest BCUT2D eigenvalue weighted by Gasteiger charge is 2.44. The van der Waals surface area contributed by atoms with Gasteiger partial charge in [0.2, 0.25) is 0 Å². The number of nitrogens with zero attached hydrogens (tertiary/aromatic N) is 2. The number of methoxy groups -OCH3 is 1. The van der Waals surface area contributed by atoms with Gasteiger partial charge in [0.1, 0.15) is 11.4 Å². The Morgan fingerprint density at radius 1 is 1.22 bits per heavy atom. The van der Waals surface area contributed by atoms with E-state index in [-0.39, 0.29) is 29.9 Å². The fraction of sp³-hybridized carbons (Fsp3) is 0.632. The number of amides is 1. The van der Waals surface area contributed by atoms with E-state index in [2.05, 4.69) is 26.2 Å². The summed E-state index contributed by atoms with van der Waals surface area (Å²) in [5.74, 6) is 0.152. The van der Waals surface area contributed by atoms with Gasteiger partial charge in [0.25, 0.3) is 0 Å². The number of carbonyl (C=O) groups excluding carboxylic acids is 2. The van der Waals surface area contributed by atoms with E-state index in [0.29, 0.717) is 10.3 Å². The van der Waals surface area contributed by atoms with Crippen LogP contribution in [0.1, 0.15) is 56.9 Å². The predicted molar refractivity (Wildman–Crippen MR) is 105 cm³/mol. The Morgan fingerprint density at radius 3 is 2.41 bits per heavy atom. The van der Waals surface area contributed by atoms with Crippen LogP contribution in [0.2, 0.25) is 0 Å². The van der Waals surface area contributed by atoms with Gasteiger partial charge >= 0.3 is 12.1 Å². The first kappa shape index (κ1) is 19.9. The number of pyridine rings is 1. The molecule has 3 rings (SSSR count). The molecule has 1 amide bonds. The second-order valence-electron chi connectivity index (χ2n) is 8.10. The van der Waals surface area contributed by atoms with Crippen molar-refractivity contribution >= 4 is 33.8 Å². The molecule has 3 atom stereocenters. The molecule has 0 saturated carbocycles. The van der Waals surface area contributed by atoms with E-state index in [1.165, 1.54) is 7.11 Å². The molecule has 2 aliphatic rings. The molecule has 2 fully saturated rings. The van der Waals surface area contributed by atoms with Gasteiger partial charge in [-0.2, -0.15) is 0 Å². The number of carbonyl (C=O) groups is 2. The SMILES string of the molecule is COC(=O)c1nc(NC2C[C@H]3CC[C@@H](C2)N3C(=O)OC(C)(C)C)ccc1Br. The van der Waals surface area contributed by atoms with Crippen molar-refractivity contribution in [3.8, 4) is 0 Å². The van der Waals surface area contributed by atoms with Gasteiger partial charge in [0, 0.05) is 18.1 Å². The van der Waals surface area contributed by atoms with Crippen LogP contribution in [0.15, 0.2) is 16.6 Å². The summed E-state index contributed by atoms with van der Waals surface area (Å²) in [7, 11) is 1.33. The Bertz CT molecular complexity index is 720. The lowest BCUT2D eigenvalue weighted by atomic mass is 9.97. The number of piperidine rings is 1. The molecule has 0 spiro atoms. The minimum Gasteiger partial charge on any atom is -0.464 e. The number of rotatable bonds is 3. The zero-order chi connectivity index (χ0) is 19.8. The number of halogens is 1. The van der Waals surface area contributed by atoms with Crippen LogP contribution in [0.25, 0.3) is 0 Å². The van der Waals surface area contributed by atoms with Crippen molar-refractivity contribution < 1.29 is 19.1 Å². The Balaban J connectivity index is 1.67. The average Bonchev–Trinajstić information content (AvgIpc) is 2.86. The lowest BCUT2D eigenvalue weighted by Gasteiger charge is -2.39. The second kappa shape index (κ2) is 7.66. The summed E-state index contributed by atoms with van der Waals surface area (Å²) in [5.41, 5.74) is -0.242. The zero-order valence-corrected chi connectivity index (χ0v) is 17.7. The molecule has 0 aliphatic carbocycles. The highest BCUT2D eigenvalue weighted by atomic mass is 79.9. The van der Waals surface area contributed by atoms with Crippen molar-refractivity contribution in [1.29, 1.82) is 0 Å². The van der Waals surface area contributed by atoms with Crippen LogP contribution in [-0.4, -0.2) is 52.8 Å². The maximum atomic E-state index is 12.5. The number of hydrogen-bond donors (Lipinski definition) is 1. The lowest BCUT2D eigenvalue weighted by molar-refractivity contribution is 0.00680.